The molecule has 5 rings (SSSR count). The second kappa shape index (κ2) is 9.63. The van der Waals surface area contributed by atoms with E-state index in [0.29, 0.717) is 34.8 Å². The fraction of sp³-hybridized carbons (Fsp3) is 0.419. The summed E-state index contributed by atoms with van der Waals surface area (Å²) >= 11 is 6.70. The van der Waals surface area contributed by atoms with Crippen LogP contribution in [0.4, 0.5) is 5.69 Å². The number of hydrogen-bond donors (Lipinski definition) is 0. The molecular weight excluding hydrogens is 516 g/mol. The van der Waals surface area contributed by atoms with Crippen molar-refractivity contribution < 1.29 is 19.2 Å². The van der Waals surface area contributed by atoms with E-state index >= 15 is 0 Å². The highest BCUT2D eigenvalue weighted by Crippen LogP contribution is 2.54. The van der Waals surface area contributed by atoms with E-state index in [0.717, 1.165) is 35.4 Å². The number of non-ortho nitro benzene ring substituents is 1. The molecule has 0 unspecified atom stereocenters. The predicted octanol–water partition coefficient (Wildman–Crippen LogP) is 7.14. The van der Waals surface area contributed by atoms with Crippen molar-refractivity contribution in [1.29, 1.82) is 0 Å². The maximum Gasteiger partial charge on any atom is 0.269 e. The average Bonchev–Trinajstić information content (AvgIpc) is 2.83. The molecule has 0 radical (unpaired) electrons. The topological polar surface area (TPSA) is 89.8 Å². The summed E-state index contributed by atoms with van der Waals surface area (Å²) in [7, 11) is 1.99. The molecule has 0 amide bonds. The van der Waals surface area contributed by atoms with E-state index in [9.17, 15) is 19.7 Å². The lowest BCUT2D eigenvalue weighted by Crippen LogP contribution is -2.43. The number of nitro benzene ring substituents is 1. The number of carbonyl (C=O) groups is 2. The predicted molar refractivity (Wildman–Crippen MR) is 149 cm³/mol. The minimum atomic E-state index is -0.459. The lowest BCUT2D eigenvalue weighted by Gasteiger charge is -2.47. The average molecular weight is 549 g/mol. The Balaban J connectivity index is 1.51. The molecule has 0 aromatic heterocycles. The maximum absolute atomic E-state index is 13.6. The van der Waals surface area contributed by atoms with Crippen molar-refractivity contribution in [2.45, 2.75) is 65.9 Å². The highest BCUT2D eigenvalue weighted by atomic mass is 35.5. The van der Waals surface area contributed by atoms with E-state index in [-0.39, 0.29) is 34.7 Å². The monoisotopic (exact) mass is 548 g/mol. The quantitative estimate of drug-likeness (QED) is 0.291. The van der Waals surface area contributed by atoms with E-state index in [1.807, 2.05) is 13.1 Å². The molecule has 0 spiro atoms. The summed E-state index contributed by atoms with van der Waals surface area (Å²) in [6.45, 7) is 8.66. The van der Waals surface area contributed by atoms with Gasteiger partial charge in [0.15, 0.2) is 11.6 Å². The van der Waals surface area contributed by atoms with Crippen molar-refractivity contribution in [3.63, 3.8) is 0 Å². The Morgan fingerprint density at radius 3 is 1.95 bits per heavy atom. The highest BCUT2D eigenvalue weighted by Gasteiger charge is 2.48. The second-order valence-electron chi connectivity index (χ2n) is 12.5. The standard InChI is InChI=1S/C31H33ClN2O5/c1-30(2)13-22-28(24(35)15-30)27(29-23(33(22)5)14-31(3,4)16-25(29)36)19-8-11-26(21(32)12-19)39-17-18-6-9-20(10-7-18)34(37)38/h6-12,27H,13-17H2,1-5H3. The van der Waals surface area contributed by atoms with E-state index < -0.39 is 10.8 Å². The first-order valence-corrected chi connectivity index (χ1v) is 13.6. The van der Waals surface area contributed by atoms with Gasteiger partial charge in [0.1, 0.15) is 12.4 Å². The van der Waals surface area contributed by atoms with E-state index in [1.54, 1.807) is 24.3 Å². The van der Waals surface area contributed by atoms with Gasteiger partial charge in [-0.15, -0.1) is 0 Å². The number of halogens is 1. The molecule has 0 saturated carbocycles. The van der Waals surface area contributed by atoms with Gasteiger partial charge in [-0.1, -0.05) is 45.4 Å². The van der Waals surface area contributed by atoms with Crippen LogP contribution >= 0.6 is 11.6 Å². The largest absolute Gasteiger partial charge is 0.487 e. The van der Waals surface area contributed by atoms with Crippen molar-refractivity contribution in [1.82, 2.24) is 4.90 Å². The summed E-state index contributed by atoms with van der Waals surface area (Å²) in [6, 6.07) is 11.6. The highest BCUT2D eigenvalue weighted by molar-refractivity contribution is 6.32. The molecule has 0 atom stereocenters. The number of benzene rings is 2. The number of ketones is 2. The molecule has 1 heterocycles. The van der Waals surface area contributed by atoms with E-state index in [4.69, 9.17) is 16.3 Å². The van der Waals surface area contributed by atoms with E-state index in [2.05, 4.69) is 32.6 Å². The number of carbonyl (C=O) groups excluding carboxylic acids is 2. The van der Waals surface area contributed by atoms with Crippen LogP contribution in [0.2, 0.25) is 5.02 Å². The molecule has 3 aliphatic rings. The lowest BCUT2D eigenvalue weighted by molar-refractivity contribution is -0.384. The Labute approximate surface area is 233 Å². The summed E-state index contributed by atoms with van der Waals surface area (Å²) in [6.07, 6.45) is 2.39. The van der Waals surface area contributed by atoms with Crippen LogP contribution in [0.15, 0.2) is 65.0 Å². The van der Waals surface area contributed by atoms with Crippen LogP contribution in [0.1, 0.15) is 70.4 Å². The first-order valence-electron chi connectivity index (χ1n) is 13.2. The van der Waals surface area contributed by atoms with Crippen LogP contribution in [0.3, 0.4) is 0 Å². The number of ether oxygens (including phenoxy) is 1. The number of allylic oxidation sites excluding steroid dienone is 4. The summed E-state index contributed by atoms with van der Waals surface area (Å²) in [5.41, 5.74) is 4.69. The van der Waals surface area contributed by atoms with Gasteiger partial charge in [-0.3, -0.25) is 19.7 Å². The van der Waals surface area contributed by atoms with Gasteiger partial charge in [0, 0.05) is 60.5 Å². The van der Waals surface area contributed by atoms with Gasteiger partial charge in [0.25, 0.3) is 5.69 Å². The fourth-order valence-electron chi connectivity index (χ4n) is 6.19. The van der Waals surface area contributed by atoms with Gasteiger partial charge in [0.05, 0.1) is 9.95 Å². The molecule has 0 saturated heterocycles. The molecule has 2 aliphatic carbocycles. The molecule has 0 fully saturated rings. The van der Waals surface area contributed by atoms with Gasteiger partial charge >= 0.3 is 0 Å². The summed E-state index contributed by atoms with van der Waals surface area (Å²) in [5, 5.41) is 11.3. The number of nitrogens with zero attached hydrogens (tertiary/aromatic N) is 2. The third-order valence-electron chi connectivity index (χ3n) is 8.01. The van der Waals surface area contributed by atoms with E-state index in [1.165, 1.54) is 12.1 Å². The summed E-state index contributed by atoms with van der Waals surface area (Å²) in [4.78, 5) is 39.9. The molecule has 0 bridgehead atoms. The Morgan fingerprint density at radius 2 is 1.46 bits per heavy atom. The molecule has 2 aromatic carbocycles. The lowest BCUT2D eigenvalue weighted by atomic mass is 9.64. The van der Waals surface area contributed by atoms with Crippen molar-refractivity contribution in [2.75, 3.05) is 7.05 Å². The molecule has 39 heavy (non-hydrogen) atoms. The zero-order chi connectivity index (χ0) is 28.3. The zero-order valence-corrected chi connectivity index (χ0v) is 23.7. The Bertz CT molecular complexity index is 1400. The summed E-state index contributed by atoms with van der Waals surface area (Å²) < 4.78 is 5.92. The molecule has 1 aliphatic heterocycles. The van der Waals surface area contributed by atoms with Gasteiger partial charge < -0.3 is 9.64 Å². The van der Waals surface area contributed by atoms with Crippen molar-refractivity contribution >= 4 is 28.9 Å². The van der Waals surface area contributed by atoms with Gasteiger partial charge in [0.2, 0.25) is 0 Å². The van der Waals surface area contributed by atoms with Crippen LogP contribution in [0.5, 0.6) is 5.75 Å². The van der Waals surface area contributed by atoms with Crippen LogP contribution in [0, 0.1) is 20.9 Å². The Hall–Kier alpha value is -3.45. The molecule has 7 nitrogen and oxygen atoms in total. The normalized spacial score (nSPS) is 20.6. The Morgan fingerprint density at radius 1 is 0.923 bits per heavy atom. The second-order valence-corrected chi connectivity index (χ2v) is 12.9. The van der Waals surface area contributed by atoms with Crippen molar-refractivity contribution in [3.8, 4) is 5.75 Å². The van der Waals surface area contributed by atoms with Gasteiger partial charge in [-0.05, 0) is 59.1 Å². The minimum absolute atomic E-state index is 0.0166. The molecular formula is C31H33ClN2O5. The first-order chi connectivity index (χ1) is 18.3. The van der Waals surface area contributed by atoms with Crippen LogP contribution in [-0.2, 0) is 16.2 Å². The Kier molecular flexibility index (Phi) is 6.70. The third kappa shape index (κ3) is 5.12. The van der Waals surface area contributed by atoms with Gasteiger partial charge in [-0.25, -0.2) is 0 Å². The number of rotatable bonds is 5. The number of nitro groups is 1. The number of hydrogen-bond acceptors (Lipinski definition) is 6. The third-order valence-corrected chi connectivity index (χ3v) is 8.31. The maximum atomic E-state index is 13.6. The molecule has 2 aromatic rings. The van der Waals surface area contributed by atoms with Crippen LogP contribution in [0.25, 0.3) is 0 Å². The van der Waals surface area contributed by atoms with Crippen molar-refractivity contribution in [2.24, 2.45) is 10.8 Å². The fourth-order valence-corrected chi connectivity index (χ4v) is 6.43. The smallest absolute Gasteiger partial charge is 0.269 e. The summed E-state index contributed by atoms with van der Waals surface area (Å²) in [5.74, 6) is 0.163. The van der Waals surface area contributed by atoms with Gasteiger partial charge in [-0.2, -0.15) is 0 Å². The zero-order valence-electron chi connectivity index (χ0n) is 23.0. The number of Topliss-reactive ketones (excluding diaryl/α,β-unsaturated/α-hetero) is 2. The molecule has 204 valence electrons. The molecule has 8 heteroatoms. The SMILES string of the molecule is CN1C2=C(C(=O)CC(C)(C)C2)C(c2ccc(OCc3ccc([N+](=O)[O-])cc3)c(Cl)c2)C2=C1CC(C)(C)CC2=O. The minimum Gasteiger partial charge on any atom is -0.487 e. The van der Waals surface area contributed by atoms with Crippen LogP contribution in [-0.4, -0.2) is 28.4 Å². The first kappa shape index (κ1) is 27.1. The van der Waals surface area contributed by atoms with Crippen molar-refractivity contribution in [3.05, 3.63) is 91.3 Å². The molecule has 0 N–H and O–H groups in total. The van der Waals surface area contributed by atoms with Crippen LogP contribution < -0.4 is 4.74 Å².